The average Bonchev–Trinajstić information content (AvgIpc) is 3.43. The van der Waals surface area contributed by atoms with E-state index in [0.717, 1.165) is 17.9 Å². The van der Waals surface area contributed by atoms with E-state index in [2.05, 4.69) is 5.32 Å². The van der Waals surface area contributed by atoms with E-state index in [1.807, 2.05) is 19.0 Å². The van der Waals surface area contributed by atoms with E-state index in [-0.39, 0.29) is 44.7 Å². The summed E-state index contributed by atoms with van der Waals surface area (Å²) in [7, 11) is 3.88. The smallest absolute Gasteiger partial charge is 0.330 e. The quantitative estimate of drug-likeness (QED) is 0.246. The minimum atomic E-state index is -4.55. The molecule has 0 unspecified atom stereocenters. The number of carbonyl (C=O) groups excluding carboxylic acids is 2. The molecule has 4 atom stereocenters. The first kappa shape index (κ1) is 30.2. The van der Waals surface area contributed by atoms with Crippen LogP contribution in [0.1, 0.15) is 59.5 Å². The van der Waals surface area contributed by atoms with Crippen molar-refractivity contribution in [3.63, 3.8) is 0 Å². The number of Topliss-reactive ketones (excluding diaryl/α,β-unsaturated/α-hetero) is 1. The first-order valence-corrected chi connectivity index (χ1v) is 14.0. The highest BCUT2D eigenvalue weighted by atomic mass is 19.4. The third kappa shape index (κ3) is 6.10. The lowest BCUT2D eigenvalue weighted by Gasteiger charge is -2.50. The van der Waals surface area contributed by atoms with E-state index < -0.39 is 41.2 Å². The second-order valence-corrected chi connectivity index (χ2v) is 11.5. The molecule has 2 aliphatic heterocycles. The lowest BCUT2D eigenvalue weighted by Crippen LogP contribution is -2.61. The predicted molar refractivity (Wildman–Crippen MR) is 147 cm³/mol. The molecule has 0 spiro atoms. The molecule has 1 amide bonds. The number of unbranched alkanes of at least 4 members (excludes halogenated alkanes) is 1. The van der Waals surface area contributed by atoms with Gasteiger partial charge in [0, 0.05) is 37.0 Å². The van der Waals surface area contributed by atoms with Crippen LogP contribution < -0.4 is 5.32 Å². The minimum absolute atomic E-state index is 0.00854. The standard InChI is InChI=1S/C31H39F4N3O2/c1-21-23(13-9-14-25(21)32)27-24(28(39)22-11-5-4-6-12-22)19-36-20-30(27,16-7-8-17-37(2)3)29(40)38-18-10-15-26(38)31(33,34)35/h4-6,9,11-14,24,26-27,36H,7-8,10,15-20H2,1-3H3/t24-,26+,27-,30+/m1/s1. The third-order valence-electron chi connectivity index (χ3n) is 8.64. The molecule has 2 aliphatic rings. The molecule has 0 bridgehead atoms. The van der Waals surface area contributed by atoms with Gasteiger partial charge in [-0.2, -0.15) is 13.2 Å². The van der Waals surface area contributed by atoms with Crippen LogP contribution in [0.15, 0.2) is 48.5 Å². The molecular formula is C31H39F4N3O2. The van der Waals surface area contributed by atoms with Gasteiger partial charge >= 0.3 is 6.18 Å². The topological polar surface area (TPSA) is 52.7 Å². The molecule has 2 aromatic rings. The summed E-state index contributed by atoms with van der Waals surface area (Å²) in [5.41, 5.74) is -0.0657. The summed E-state index contributed by atoms with van der Waals surface area (Å²) in [5.74, 6) is -2.82. The van der Waals surface area contributed by atoms with Gasteiger partial charge in [-0.1, -0.05) is 48.9 Å². The SMILES string of the molecule is Cc1c(F)cccc1[C@@H]1[C@H](C(=O)c2ccccc2)CNC[C@]1(CCCCN(C)C)C(=O)N1CCC[C@H]1C(F)(F)F. The minimum Gasteiger partial charge on any atom is -0.330 e. The highest BCUT2D eigenvalue weighted by Gasteiger charge is 2.58. The van der Waals surface area contributed by atoms with Crippen LogP contribution >= 0.6 is 0 Å². The largest absolute Gasteiger partial charge is 0.408 e. The zero-order valence-electron chi connectivity index (χ0n) is 23.4. The number of rotatable bonds is 9. The van der Waals surface area contributed by atoms with E-state index in [1.165, 1.54) is 6.07 Å². The van der Waals surface area contributed by atoms with Crippen molar-refractivity contribution in [3.8, 4) is 0 Å². The van der Waals surface area contributed by atoms with Crippen LogP contribution in [0, 0.1) is 24.1 Å². The van der Waals surface area contributed by atoms with Crippen molar-refractivity contribution in [2.24, 2.45) is 11.3 Å². The lowest BCUT2D eigenvalue weighted by molar-refractivity contribution is -0.189. The van der Waals surface area contributed by atoms with E-state index in [9.17, 15) is 22.8 Å². The maximum Gasteiger partial charge on any atom is 0.408 e. The van der Waals surface area contributed by atoms with Crippen molar-refractivity contribution >= 4 is 11.7 Å². The van der Waals surface area contributed by atoms with Gasteiger partial charge in [-0.05, 0) is 70.4 Å². The molecule has 40 heavy (non-hydrogen) atoms. The number of hydrogen-bond acceptors (Lipinski definition) is 4. The van der Waals surface area contributed by atoms with E-state index in [1.54, 1.807) is 49.4 Å². The Hall–Kier alpha value is -2.78. The molecule has 0 saturated carbocycles. The Morgan fingerprint density at radius 1 is 1.07 bits per heavy atom. The summed E-state index contributed by atoms with van der Waals surface area (Å²) >= 11 is 0. The summed E-state index contributed by atoms with van der Waals surface area (Å²) < 4.78 is 57.3. The number of nitrogens with zero attached hydrogens (tertiary/aromatic N) is 2. The number of carbonyl (C=O) groups is 2. The Kier molecular flexibility index (Phi) is 9.35. The molecule has 1 N–H and O–H groups in total. The number of halogens is 4. The molecule has 0 aliphatic carbocycles. The molecule has 5 nitrogen and oxygen atoms in total. The van der Waals surface area contributed by atoms with Crippen LogP contribution in [0.5, 0.6) is 0 Å². The number of piperidine rings is 1. The summed E-state index contributed by atoms with van der Waals surface area (Å²) in [6.45, 7) is 2.74. The molecule has 9 heteroatoms. The van der Waals surface area contributed by atoms with Gasteiger partial charge < -0.3 is 15.1 Å². The Morgan fingerprint density at radius 2 is 1.80 bits per heavy atom. The Labute approximate surface area is 233 Å². The maximum atomic E-state index is 15.0. The first-order valence-electron chi connectivity index (χ1n) is 14.0. The van der Waals surface area contributed by atoms with Crippen LogP contribution in [0.4, 0.5) is 17.6 Å². The van der Waals surface area contributed by atoms with E-state index in [4.69, 9.17) is 0 Å². The molecule has 2 heterocycles. The zero-order valence-corrected chi connectivity index (χ0v) is 23.4. The van der Waals surface area contributed by atoms with E-state index >= 15 is 4.39 Å². The second-order valence-electron chi connectivity index (χ2n) is 11.5. The number of hydrogen-bond donors (Lipinski definition) is 1. The molecule has 4 rings (SSSR count). The lowest BCUT2D eigenvalue weighted by atomic mass is 9.59. The van der Waals surface area contributed by atoms with Crippen molar-refractivity contribution in [3.05, 3.63) is 71.0 Å². The number of ketones is 1. The van der Waals surface area contributed by atoms with E-state index in [0.29, 0.717) is 23.1 Å². The first-order chi connectivity index (χ1) is 19.0. The molecule has 2 saturated heterocycles. The second kappa shape index (κ2) is 12.4. The highest BCUT2D eigenvalue weighted by Crippen LogP contribution is 2.51. The van der Waals surface area contributed by atoms with Gasteiger partial charge in [0.2, 0.25) is 5.91 Å². The summed E-state index contributed by atoms with van der Waals surface area (Å²) in [6, 6.07) is 11.5. The molecule has 2 fully saturated rings. The van der Waals surface area contributed by atoms with Crippen molar-refractivity contribution in [2.45, 2.75) is 57.2 Å². The average molecular weight is 562 g/mol. The van der Waals surface area contributed by atoms with Crippen LogP contribution in [0.25, 0.3) is 0 Å². The van der Waals surface area contributed by atoms with Crippen LogP contribution in [-0.2, 0) is 4.79 Å². The third-order valence-corrected chi connectivity index (χ3v) is 8.64. The summed E-state index contributed by atoms with van der Waals surface area (Å²) in [6.07, 6.45) is -2.84. The van der Waals surface area contributed by atoms with Crippen LogP contribution in [-0.4, -0.2) is 74.0 Å². The van der Waals surface area contributed by atoms with Gasteiger partial charge in [-0.3, -0.25) is 9.59 Å². The van der Waals surface area contributed by atoms with Crippen molar-refractivity contribution in [1.82, 2.24) is 15.1 Å². The van der Waals surface area contributed by atoms with Crippen molar-refractivity contribution in [2.75, 3.05) is 40.3 Å². The molecule has 0 aromatic heterocycles. The summed E-state index contributed by atoms with van der Waals surface area (Å²) in [5, 5.41) is 3.26. The fourth-order valence-corrected chi connectivity index (χ4v) is 6.66. The van der Waals surface area contributed by atoms with Crippen molar-refractivity contribution < 1.29 is 27.2 Å². The van der Waals surface area contributed by atoms with Crippen LogP contribution in [0.3, 0.4) is 0 Å². The van der Waals surface area contributed by atoms with Gasteiger partial charge in [0.15, 0.2) is 5.78 Å². The number of nitrogens with one attached hydrogen (secondary N) is 1. The van der Waals surface area contributed by atoms with Gasteiger partial charge in [-0.25, -0.2) is 4.39 Å². The number of amides is 1. The molecule has 2 aromatic carbocycles. The van der Waals surface area contributed by atoms with Crippen LogP contribution in [0.2, 0.25) is 0 Å². The predicted octanol–water partition coefficient (Wildman–Crippen LogP) is 5.59. The van der Waals surface area contributed by atoms with Gasteiger partial charge in [0.25, 0.3) is 0 Å². The number of benzene rings is 2. The molecular weight excluding hydrogens is 522 g/mol. The fourth-order valence-electron chi connectivity index (χ4n) is 6.66. The Morgan fingerprint density at radius 3 is 2.48 bits per heavy atom. The number of likely N-dealkylation sites (tertiary alicyclic amines) is 1. The summed E-state index contributed by atoms with van der Waals surface area (Å²) in [4.78, 5) is 31.6. The molecule has 0 radical (unpaired) electrons. The monoisotopic (exact) mass is 561 g/mol. The fraction of sp³-hybridized carbons (Fsp3) is 0.548. The maximum absolute atomic E-state index is 15.0. The highest BCUT2D eigenvalue weighted by molar-refractivity contribution is 5.99. The van der Waals surface area contributed by atoms with Crippen molar-refractivity contribution in [1.29, 1.82) is 0 Å². The number of alkyl halides is 3. The van der Waals surface area contributed by atoms with Gasteiger partial charge in [0.05, 0.1) is 5.41 Å². The zero-order chi connectivity index (χ0) is 29.1. The van der Waals surface area contributed by atoms with Gasteiger partial charge in [-0.15, -0.1) is 0 Å². The Balaban J connectivity index is 1.87. The molecule has 218 valence electrons. The van der Waals surface area contributed by atoms with Gasteiger partial charge in [0.1, 0.15) is 11.9 Å². The Bertz CT molecular complexity index is 1190. The normalized spacial score (nSPS) is 25.4.